The van der Waals surface area contributed by atoms with Crippen molar-refractivity contribution in [1.29, 1.82) is 0 Å². The fourth-order valence-corrected chi connectivity index (χ4v) is 2.43. The summed E-state index contributed by atoms with van der Waals surface area (Å²) >= 11 is 0. The third kappa shape index (κ3) is 2.74. The van der Waals surface area contributed by atoms with Gasteiger partial charge in [-0.25, -0.2) is 4.98 Å². The molecule has 4 heteroatoms. The highest BCUT2D eigenvalue weighted by atomic mass is 16.1. The van der Waals surface area contributed by atoms with Crippen LogP contribution in [-0.4, -0.2) is 30.0 Å². The maximum absolute atomic E-state index is 12.2. The lowest BCUT2D eigenvalue weighted by molar-refractivity contribution is 0.0926. The highest BCUT2D eigenvalue weighted by Crippen LogP contribution is 2.12. The van der Waals surface area contributed by atoms with Gasteiger partial charge in [-0.1, -0.05) is 24.3 Å². The summed E-state index contributed by atoms with van der Waals surface area (Å²) in [5.74, 6) is -0.0838. The molecule has 0 spiro atoms. The fourth-order valence-electron chi connectivity index (χ4n) is 2.43. The van der Waals surface area contributed by atoms with Crippen molar-refractivity contribution < 1.29 is 4.79 Å². The van der Waals surface area contributed by atoms with Crippen LogP contribution in [0.4, 0.5) is 0 Å². The molecule has 4 nitrogen and oxygen atoms in total. The smallest absolute Gasteiger partial charge is 0.270 e. The van der Waals surface area contributed by atoms with Crippen molar-refractivity contribution in [3.63, 3.8) is 0 Å². The number of carbonyl (C=O) groups excluding carboxylic acids is 1. The highest BCUT2D eigenvalue weighted by molar-refractivity contribution is 5.95. The number of rotatable bonds is 2. The summed E-state index contributed by atoms with van der Waals surface area (Å²) in [5.41, 5.74) is 1.35. The molecule has 0 bridgehead atoms. The summed E-state index contributed by atoms with van der Waals surface area (Å²) in [7, 11) is 0. The Labute approximate surface area is 112 Å². The molecule has 2 heterocycles. The molecule has 0 aliphatic carbocycles. The third-order valence-corrected chi connectivity index (χ3v) is 3.46. The molecule has 1 amide bonds. The Hall–Kier alpha value is -1.94. The third-order valence-electron chi connectivity index (χ3n) is 3.46. The second-order valence-corrected chi connectivity index (χ2v) is 4.91. The van der Waals surface area contributed by atoms with Crippen LogP contribution in [0.2, 0.25) is 0 Å². The maximum Gasteiger partial charge on any atom is 0.270 e. The van der Waals surface area contributed by atoms with E-state index < -0.39 is 0 Å². The van der Waals surface area contributed by atoms with Crippen molar-refractivity contribution in [2.24, 2.45) is 0 Å². The lowest BCUT2D eigenvalue weighted by Gasteiger charge is -2.23. The van der Waals surface area contributed by atoms with Crippen molar-refractivity contribution in [3.8, 4) is 0 Å². The van der Waals surface area contributed by atoms with Crippen LogP contribution in [0.3, 0.4) is 0 Å². The molecule has 1 aromatic heterocycles. The zero-order valence-electron chi connectivity index (χ0n) is 10.7. The minimum Gasteiger partial charge on any atom is -0.347 e. The number of pyridine rings is 1. The van der Waals surface area contributed by atoms with Gasteiger partial charge in [0.15, 0.2) is 0 Å². The Morgan fingerprint density at radius 2 is 2.16 bits per heavy atom. The number of para-hydroxylation sites is 1. The van der Waals surface area contributed by atoms with Crippen LogP contribution in [0.15, 0.2) is 36.4 Å². The van der Waals surface area contributed by atoms with Gasteiger partial charge in [0.05, 0.1) is 5.52 Å². The number of amides is 1. The SMILES string of the molecule is O=C(N[C@@H]1CCCNC1)c1ccc2ccccc2n1. The fraction of sp³-hybridized carbons (Fsp3) is 0.333. The first kappa shape index (κ1) is 12.1. The first-order valence-electron chi connectivity index (χ1n) is 6.70. The van der Waals surface area contributed by atoms with Gasteiger partial charge in [-0.05, 0) is 31.5 Å². The Morgan fingerprint density at radius 3 is 3.00 bits per heavy atom. The quantitative estimate of drug-likeness (QED) is 0.859. The summed E-state index contributed by atoms with van der Waals surface area (Å²) in [4.78, 5) is 16.6. The van der Waals surface area contributed by atoms with E-state index in [-0.39, 0.29) is 11.9 Å². The summed E-state index contributed by atoms with van der Waals surface area (Å²) in [5, 5.41) is 7.38. The van der Waals surface area contributed by atoms with Gasteiger partial charge in [-0.3, -0.25) is 4.79 Å². The second-order valence-electron chi connectivity index (χ2n) is 4.91. The van der Waals surface area contributed by atoms with Gasteiger partial charge in [0.2, 0.25) is 0 Å². The number of hydrogen-bond donors (Lipinski definition) is 2. The first-order chi connectivity index (χ1) is 9.33. The average molecular weight is 255 g/mol. The molecule has 0 unspecified atom stereocenters. The van der Waals surface area contributed by atoms with Gasteiger partial charge in [0.25, 0.3) is 5.91 Å². The number of fused-ring (bicyclic) bond motifs is 1. The summed E-state index contributed by atoms with van der Waals surface area (Å²) in [6.45, 7) is 1.89. The molecule has 2 aromatic rings. The minimum atomic E-state index is -0.0838. The van der Waals surface area contributed by atoms with Crippen molar-refractivity contribution in [3.05, 3.63) is 42.1 Å². The number of nitrogens with one attached hydrogen (secondary N) is 2. The predicted octanol–water partition coefficient (Wildman–Crippen LogP) is 1.72. The predicted molar refractivity (Wildman–Crippen MR) is 75.1 cm³/mol. The van der Waals surface area contributed by atoms with Crippen molar-refractivity contribution in [2.75, 3.05) is 13.1 Å². The van der Waals surface area contributed by atoms with Crippen LogP contribution in [0, 0.1) is 0 Å². The van der Waals surface area contributed by atoms with Crippen molar-refractivity contribution in [1.82, 2.24) is 15.6 Å². The monoisotopic (exact) mass is 255 g/mol. The van der Waals surface area contributed by atoms with E-state index in [0.717, 1.165) is 36.8 Å². The molecule has 0 saturated carbocycles. The molecule has 3 rings (SSSR count). The molecular formula is C15H17N3O. The van der Waals surface area contributed by atoms with E-state index in [1.54, 1.807) is 6.07 Å². The van der Waals surface area contributed by atoms with Gasteiger partial charge in [0.1, 0.15) is 5.69 Å². The number of nitrogens with zero attached hydrogens (tertiary/aromatic N) is 1. The number of aromatic nitrogens is 1. The van der Waals surface area contributed by atoms with Crippen LogP contribution in [0.1, 0.15) is 23.3 Å². The average Bonchev–Trinajstić information content (AvgIpc) is 2.48. The highest BCUT2D eigenvalue weighted by Gasteiger charge is 2.17. The Morgan fingerprint density at radius 1 is 1.26 bits per heavy atom. The van der Waals surface area contributed by atoms with Gasteiger partial charge in [-0.2, -0.15) is 0 Å². The summed E-state index contributed by atoms with van der Waals surface area (Å²) < 4.78 is 0. The summed E-state index contributed by atoms with van der Waals surface area (Å²) in [6.07, 6.45) is 2.14. The second kappa shape index (κ2) is 5.36. The van der Waals surface area contributed by atoms with E-state index in [9.17, 15) is 4.79 Å². The molecule has 1 saturated heterocycles. The lowest BCUT2D eigenvalue weighted by atomic mass is 10.1. The van der Waals surface area contributed by atoms with Crippen LogP contribution < -0.4 is 10.6 Å². The molecule has 19 heavy (non-hydrogen) atoms. The molecule has 0 radical (unpaired) electrons. The van der Waals surface area contributed by atoms with Gasteiger partial charge in [0, 0.05) is 18.0 Å². The largest absolute Gasteiger partial charge is 0.347 e. The minimum absolute atomic E-state index is 0.0838. The maximum atomic E-state index is 12.2. The molecule has 1 aromatic carbocycles. The molecular weight excluding hydrogens is 238 g/mol. The zero-order valence-corrected chi connectivity index (χ0v) is 10.7. The summed E-state index contributed by atoms with van der Waals surface area (Å²) in [6, 6.07) is 11.8. The molecule has 2 N–H and O–H groups in total. The van der Waals surface area contributed by atoms with E-state index in [1.165, 1.54) is 0 Å². The Kier molecular flexibility index (Phi) is 3.42. The van der Waals surface area contributed by atoms with Crippen LogP contribution in [0.5, 0.6) is 0 Å². The van der Waals surface area contributed by atoms with E-state index in [2.05, 4.69) is 15.6 Å². The van der Waals surface area contributed by atoms with Gasteiger partial charge in [-0.15, -0.1) is 0 Å². The molecule has 1 atom stereocenters. The van der Waals surface area contributed by atoms with Crippen LogP contribution in [-0.2, 0) is 0 Å². The van der Waals surface area contributed by atoms with Crippen LogP contribution in [0.25, 0.3) is 10.9 Å². The molecule has 98 valence electrons. The van der Waals surface area contributed by atoms with E-state index in [1.807, 2.05) is 30.3 Å². The number of piperidine rings is 1. The first-order valence-corrected chi connectivity index (χ1v) is 6.70. The number of carbonyl (C=O) groups is 1. The van der Waals surface area contributed by atoms with Crippen LogP contribution >= 0.6 is 0 Å². The van der Waals surface area contributed by atoms with Gasteiger partial charge >= 0.3 is 0 Å². The standard InChI is InChI=1S/C15H17N3O/c19-15(17-12-5-3-9-16-10-12)14-8-7-11-4-1-2-6-13(11)18-14/h1-2,4,6-8,12,16H,3,5,9-10H2,(H,17,19)/t12-/m1/s1. The Bertz CT molecular complexity index is 591. The van der Waals surface area contributed by atoms with E-state index in [4.69, 9.17) is 0 Å². The molecule has 1 aliphatic heterocycles. The molecule has 1 fully saturated rings. The van der Waals surface area contributed by atoms with E-state index >= 15 is 0 Å². The van der Waals surface area contributed by atoms with Crippen molar-refractivity contribution in [2.45, 2.75) is 18.9 Å². The molecule has 1 aliphatic rings. The number of hydrogen-bond acceptors (Lipinski definition) is 3. The zero-order chi connectivity index (χ0) is 13.1. The van der Waals surface area contributed by atoms with Gasteiger partial charge < -0.3 is 10.6 Å². The Balaban J connectivity index is 1.77. The normalized spacial score (nSPS) is 19.3. The lowest BCUT2D eigenvalue weighted by Crippen LogP contribution is -2.45. The number of benzene rings is 1. The van der Waals surface area contributed by atoms with E-state index in [0.29, 0.717) is 5.69 Å². The topological polar surface area (TPSA) is 54.0 Å². The van der Waals surface area contributed by atoms with Crippen molar-refractivity contribution >= 4 is 16.8 Å².